The van der Waals surface area contributed by atoms with E-state index in [0.717, 1.165) is 16.8 Å². The van der Waals surface area contributed by atoms with Crippen LogP contribution in [0.4, 0.5) is 5.82 Å². The lowest BCUT2D eigenvalue weighted by Crippen LogP contribution is -2.15. The van der Waals surface area contributed by atoms with Gasteiger partial charge in [-0.1, -0.05) is 6.07 Å². The number of nitrogens with one attached hydrogen (secondary N) is 1. The smallest absolute Gasteiger partial charge is 0.275 e. The van der Waals surface area contributed by atoms with Crippen molar-refractivity contribution in [3.05, 3.63) is 53.0 Å². The first kappa shape index (κ1) is 13.2. The molecule has 0 unspecified atom stereocenters. The van der Waals surface area contributed by atoms with Gasteiger partial charge in [0.25, 0.3) is 5.91 Å². The van der Waals surface area contributed by atoms with Gasteiger partial charge in [-0.3, -0.25) is 9.78 Å². The predicted octanol–water partition coefficient (Wildman–Crippen LogP) is 1.80. The zero-order valence-corrected chi connectivity index (χ0v) is 11.0. The molecule has 2 heterocycles. The van der Waals surface area contributed by atoms with Gasteiger partial charge in [-0.2, -0.15) is 0 Å². The third kappa shape index (κ3) is 3.35. The van der Waals surface area contributed by atoms with Gasteiger partial charge in [-0.25, -0.2) is 4.98 Å². The molecule has 0 atom stereocenters. The lowest BCUT2D eigenvalue weighted by Gasteiger charge is -2.06. The Bertz CT molecular complexity index is 573. The Morgan fingerprint density at radius 2 is 2.11 bits per heavy atom. The summed E-state index contributed by atoms with van der Waals surface area (Å²) in [5, 5.41) is 2.73. The molecule has 5 heteroatoms. The van der Waals surface area contributed by atoms with Crippen LogP contribution in [0.15, 0.2) is 30.5 Å². The second kappa shape index (κ2) is 5.58. The molecule has 0 aromatic carbocycles. The van der Waals surface area contributed by atoms with Crippen LogP contribution < -0.4 is 11.1 Å². The summed E-state index contributed by atoms with van der Waals surface area (Å²) in [4.78, 5) is 20.3. The summed E-state index contributed by atoms with van der Waals surface area (Å²) in [6.45, 7) is 4.25. The van der Waals surface area contributed by atoms with E-state index in [1.165, 1.54) is 0 Å². The van der Waals surface area contributed by atoms with Gasteiger partial charge in [0.05, 0.1) is 0 Å². The van der Waals surface area contributed by atoms with Crippen molar-refractivity contribution in [2.24, 2.45) is 5.73 Å². The number of rotatable bonds is 3. The lowest BCUT2D eigenvalue weighted by atomic mass is 10.2. The maximum Gasteiger partial charge on any atom is 0.275 e. The molecular formula is C14H16N4O. The van der Waals surface area contributed by atoms with Crippen LogP contribution in [0.1, 0.15) is 27.3 Å². The molecule has 0 aliphatic heterocycles. The highest BCUT2D eigenvalue weighted by molar-refractivity contribution is 6.02. The molecule has 3 N–H and O–H groups in total. The maximum absolute atomic E-state index is 12.0. The molecule has 0 fully saturated rings. The first-order valence-electron chi connectivity index (χ1n) is 6.00. The second-order valence-electron chi connectivity index (χ2n) is 4.38. The highest BCUT2D eigenvalue weighted by Crippen LogP contribution is 2.10. The number of hydrogen-bond acceptors (Lipinski definition) is 4. The van der Waals surface area contributed by atoms with E-state index in [9.17, 15) is 4.79 Å². The number of hydrogen-bond donors (Lipinski definition) is 2. The number of amides is 1. The fourth-order valence-corrected chi connectivity index (χ4v) is 1.77. The lowest BCUT2D eigenvalue weighted by molar-refractivity contribution is 0.102. The molecule has 98 valence electrons. The van der Waals surface area contributed by atoms with E-state index in [4.69, 9.17) is 5.73 Å². The molecule has 0 radical (unpaired) electrons. The largest absolute Gasteiger partial charge is 0.326 e. The first-order chi connectivity index (χ1) is 9.08. The number of carbonyl (C=O) groups excluding carboxylic acids is 1. The van der Waals surface area contributed by atoms with Crippen molar-refractivity contribution in [1.82, 2.24) is 9.97 Å². The van der Waals surface area contributed by atoms with E-state index >= 15 is 0 Å². The van der Waals surface area contributed by atoms with Crippen molar-refractivity contribution in [2.75, 3.05) is 5.32 Å². The molecule has 1 amide bonds. The van der Waals surface area contributed by atoms with Crippen LogP contribution in [-0.2, 0) is 6.54 Å². The van der Waals surface area contributed by atoms with Crippen LogP contribution in [0, 0.1) is 13.8 Å². The van der Waals surface area contributed by atoms with E-state index in [-0.39, 0.29) is 5.91 Å². The van der Waals surface area contributed by atoms with Crippen molar-refractivity contribution in [2.45, 2.75) is 20.4 Å². The zero-order chi connectivity index (χ0) is 13.8. The Kier molecular flexibility index (Phi) is 3.87. The maximum atomic E-state index is 12.0. The molecule has 0 aliphatic rings. The first-order valence-corrected chi connectivity index (χ1v) is 6.00. The molecule has 0 bridgehead atoms. The third-order valence-corrected chi connectivity index (χ3v) is 2.63. The summed E-state index contributed by atoms with van der Waals surface area (Å²) in [5.41, 5.74) is 8.63. The van der Waals surface area contributed by atoms with Crippen LogP contribution in [0.5, 0.6) is 0 Å². The minimum atomic E-state index is -0.277. The van der Waals surface area contributed by atoms with Crippen LogP contribution in [0.2, 0.25) is 0 Å². The fourth-order valence-electron chi connectivity index (χ4n) is 1.77. The molecule has 0 spiro atoms. The monoisotopic (exact) mass is 256 g/mol. The summed E-state index contributed by atoms with van der Waals surface area (Å²) in [6.07, 6.45) is 1.60. The normalized spacial score (nSPS) is 10.3. The number of nitrogens with two attached hydrogens (primary N) is 1. The SMILES string of the molecule is Cc1cc(C)nc(NC(=O)c2ccc(CN)cn2)c1. The molecular weight excluding hydrogens is 240 g/mol. The molecule has 2 aromatic rings. The van der Waals surface area contributed by atoms with Gasteiger partial charge in [0, 0.05) is 18.4 Å². The highest BCUT2D eigenvalue weighted by Gasteiger charge is 2.08. The summed E-state index contributed by atoms with van der Waals surface area (Å²) >= 11 is 0. The number of pyridine rings is 2. The average molecular weight is 256 g/mol. The Hall–Kier alpha value is -2.27. The molecule has 2 aromatic heterocycles. The van der Waals surface area contributed by atoms with Gasteiger partial charge >= 0.3 is 0 Å². The van der Waals surface area contributed by atoms with Crippen LogP contribution in [0.25, 0.3) is 0 Å². The second-order valence-corrected chi connectivity index (χ2v) is 4.38. The average Bonchev–Trinajstić information content (AvgIpc) is 2.37. The zero-order valence-electron chi connectivity index (χ0n) is 11.0. The molecule has 0 saturated carbocycles. The van der Waals surface area contributed by atoms with Gasteiger partial charge in [0.1, 0.15) is 11.5 Å². The summed E-state index contributed by atoms with van der Waals surface area (Å²) in [5.74, 6) is 0.258. The number of aryl methyl sites for hydroxylation is 2. The number of aromatic nitrogens is 2. The fraction of sp³-hybridized carbons (Fsp3) is 0.214. The molecule has 0 saturated heterocycles. The topological polar surface area (TPSA) is 80.9 Å². The van der Waals surface area contributed by atoms with E-state index in [2.05, 4.69) is 15.3 Å². The Morgan fingerprint density at radius 1 is 1.32 bits per heavy atom. The number of carbonyl (C=O) groups is 1. The molecule has 5 nitrogen and oxygen atoms in total. The highest BCUT2D eigenvalue weighted by atomic mass is 16.1. The van der Waals surface area contributed by atoms with Crippen LogP contribution in [-0.4, -0.2) is 15.9 Å². The standard InChI is InChI=1S/C14H16N4O/c1-9-5-10(2)17-13(6-9)18-14(19)12-4-3-11(7-15)8-16-12/h3-6,8H,7,15H2,1-2H3,(H,17,18,19). The number of anilines is 1. The Balaban J connectivity index is 2.15. The summed E-state index contributed by atoms with van der Waals surface area (Å²) in [6, 6.07) is 7.21. The summed E-state index contributed by atoms with van der Waals surface area (Å²) in [7, 11) is 0. The predicted molar refractivity (Wildman–Crippen MR) is 73.8 cm³/mol. The van der Waals surface area contributed by atoms with Crippen LogP contribution in [0.3, 0.4) is 0 Å². The van der Waals surface area contributed by atoms with Crippen LogP contribution >= 0.6 is 0 Å². The van der Waals surface area contributed by atoms with Gasteiger partial charge in [-0.15, -0.1) is 0 Å². The quantitative estimate of drug-likeness (QED) is 0.877. The van der Waals surface area contributed by atoms with Gasteiger partial charge in [0.2, 0.25) is 0 Å². The Labute approximate surface area is 111 Å². The van der Waals surface area contributed by atoms with Crippen molar-refractivity contribution in [3.8, 4) is 0 Å². The molecule has 0 aliphatic carbocycles. The van der Waals surface area contributed by atoms with E-state index < -0.39 is 0 Å². The summed E-state index contributed by atoms with van der Waals surface area (Å²) < 4.78 is 0. The minimum absolute atomic E-state index is 0.277. The minimum Gasteiger partial charge on any atom is -0.326 e. The van der Waals surface area contributed by atoms with Crippen molar-refractivity contribution >= 4 is 11.7 Å². The van der Waals surface area contributed by atoms with E-state index in [1.807, 2.05) is 26.0 Å². The van der Waals surface area contributed by atoms with Gasteiger partial charge in [-0.05, 0) is 43.2 Å². The van der Waals surface area contributed by atoms with Crippen molar-refractivity contribution in [1.29, 1.82) is 0 Å². The van der Waals surface area contributed by atoms with Gasteiger partial charge in [0.15, 0.2) is 0 Å². The molecule has 19 heavy (non-hydrogen) atoms. The van der Waals surface area contributed by atoms with Crippen molar-refractivity contribution in [3.63, 3.8) is 0 Å². The Morgan fingerprint density at radius 3 is 2.68 bits per heavy atom. The number of nitrogens with zero attached hydrogens (tertiary/aromatic N) is 2. The third-order valence-electron chi connectivity index (χ3n) is 2.63. The van der Waals surface area contributed by atoms with E-state index in [0.29, 0.717) is 18.1 Å². The van der Waals surface area contributed by atoms with Gasteiger partial charge < -0.3 is 11.1 Å². The molecule has 2 rings (SSSR count). The van der Waals surface area contributed by atoms with E-state index in [1.54, 1.807) is 18.3 Å². The van der Waals surface area contributed by atoms with Crippen molar-refractivity contribution < 1.29 is 4.79 Å².